The van der Waals surface area contributed by atoms with E-state index in [4.69, 9.17) is 0 Å². The zero-order chi connectivity index (χ0) is 10.6. The molecule has 1 rings (SSSR count). The molecule has 0 aromatic rings. The minimum absolute atomic E-state index is 0.565. The molecule has 0 aliphatic carbocycles. The molecule has 84 valence electrons. The molecule has 0 radical (unpaired) electrons. The van der Waals surface area contributed by atoms with Crippen LogP contribution < -0.4 is 0 Å². The van der Waals surface area contributed by atoms with E-state index in [0.717, 1.165) is 0 Å². The van der Waals surface area contributed by atoms with Crippen LogP contribution in [0, 0.1) is 0 Å². The van der Waals surface area contributed by atoms with Gasteiger partial charge in [-0.3, -0.25) is 0 Å². The zero-order valence-corrected chi connectivity index (χ0v) is 17.5. The monoisotopic (exact) mass is 604 g/mol. The summed E-state index contributed by atoms with van der Waals surface area (Å²) in [6.45, 7) is 5.05. The molecule has 0 fully saturated rings. The maximum atomic E-state index is 2.70. The van der Waals surface area contributed by atoms with Gasteiger partial charge in [0, 0.05) is 0 Å². The van der Waals surface area contributed by atoms with E-state index in [2.05, 4.69) is 79.7 Å². The molecule has 0 N–H and O–H groups in total. The van der Waals surface area contributed by atoms with Gasteiger partial charge in [0.25, 0.3) is 0 Å². The molecule has 0 aromatic carbocycles. The van der Waals surface area contributed by atoms with Gasteiger partial charge in [-0.2, -0.15) is 0 Å². The average molecular weight is 604 g/mol. The number of thioether (sulfide) groups is 2. The Morgan fingerprint density at radius 1 is 1.36 bits per heavy atom. The normalized spacial score (nSPS) is 22.6. The van der Waals surface area contributed by atoms with Crippen molar-refractivity contribution in [3.8, 4) is 0 Å². The SMILES string of the molecule is CCSC1=CC(SCC)=S(I(I)I)S1. The van der Waals surface area contributed by atoms with E-state index in [1.54, 1.807) is 8.43 Å². The third kappa shape index (κ3) is 4.83. The van der Waals surface area contributed by atoms with Crippen molar-refractivity contribution in [2.75, 3.05) is 11.5 Å². The van der Waals surface area contributed by atoms with Gasteiger partial charge in [0.05, 0.1) is 0 Å². The van der Waals surface area contributed by atoms with Crippen molar-refractivity contribution < 1.29 is 0 Å². The second kappa shape index (κ2) is 8.33. The van der Waals surface area contributed by atoms with Crippen LogP contribution in [0.5, 0.6) is 0 Å². The molecule has 0 nitrogen and oxygen atoms in total. The summed E-state index contributed by atoms with van der Waals surface area (Å²) in [6.07, 6.45) is 2.44. The molecular formula is C7H11I3S4. The van der Waals surface area contributed by atoms with Crippen LogP contribution in [0.1, 0.15) is 13.8 Å². The summed E-state index contributed by atoms with van der Waals surface area (Å²) in [4.78, 5) is 0. The van der Waals surface area contributed by atoms with Gasteiger partial charge in [0.1, 0.15) is 0 Å². The first-order valence-electron chi connectivity index (χ1n) is 3.99. The maximum absolute atomic E-state index is 2.70. The van der Waals surface area contributed by atoms with Crippen LogP contribution >= 0.6 is 88.7 Å². The fraction of sp³-hybridized carbons (Fsp3) is 0.571. The molecule has 1 heterocycles. The minimum atomic E-state index is -0.733. The van der Waals surface area contributed by atoms with E-state index in [0.29, 0.717) is 6.69 Å². The first kappa shape index (κ1) is 15.3. The standard InChI is InChI=1S/C7H11I3S4/c1-3-11-6-5-7(12-4-2)14(13-6)10(8)9/h5H,3-4H2,1-2H3. The molecule has 1 unspecified atom stereocenters. The van der Waals surface area contributed by atoms with Crippen LogP contribution in [-0.2, 0) is 0 Å². The molecule has 0 spiro atoms. The van der Waals surface area contributed by atoms with Crippen LogP contribution in [0.2, 0.25) is 0 Å². The molecule has 1 aliphatic rings. The number of hydrogen-bond acceptors (Lipinski definition) is 3. The van der Waals surface area contributed by atoms with Gasteiger partial charge in [-0.25, -0.2) is 0 Å². The summed E-state index contributed by atoms with van der Waals surface area (Å²) >= 11 is 9.45. The summed E-state index contributed by atoms with van der Waals surface area (Å²) < 4.78 is 3.23. The van der Waals surface area contributed by atoms with Crippen molar-refractivity contribution in [2.24, 2.45) is 0 Å². The van der Waals surface area contributed by atoms with E-state index >= 15 is 0 Å². The Balaban J connectivity index is 2.69. The van der Waals surface area contributed by atoms with Crippen molar-refractivity contribution in [2.45, 2.75) is 13.8 Å². The third-order valence-corrected chi connectivity index (χ3v) is 38.1. The van der Waals surface area contributed by atoms with Crippen LogP contribution in [0.4, 0.5) is 0 Å². The Morgan fingerprint density at radius 2 is 2.00 bits per heavy atom. The molecule has 0 saturated heterocycles. The van der Waals surface area contributed by atoms with Crippen molar-refractivity contribution in [1.29, 1.82) is 0 Å². The van der Waals surface area contributed by atoms with Crippen molar-refractivity contribution in [3.05, 3.63) is 10.3 Å². The number of hydrogen-bond donors (Lipinski definition) is 0. The van der Waals surface area contributed by atoms with Gasteiger partial charge in [-0.1, -0.05) is 0 Å². The predicted octanol–water partition coefficient (Wildman–Crippen LogP) is 6.52. The fourth-order valence-electron chi connectivity index (χ4n) is 0.799. The molecule has 0 amide bonds. The average Bonchev–Trinajstić information content (AvgIpc) is 2.49. The Morgan fingerprint density at radius 3 is 2.50 bits per heavy atom. The Hall–Kier alpha value is 3.20. The fourth-order valence-corrected chi connectivity index (χ4v) is 34.8. The van der Waals surface area contributed by atoms with E-state index in [1.165, 1.54) is 11.5 Å². The van der Waals surface area contributed by atoms with Gasteiger partial charge >= 0.3 is 129 Å². The summed E-state index contributed by atoms with van der Waals surface area (Å²) in [5.74, 6) is 2.42. The summed E-state index contributed by atoms with van der Waals surface area (Å²) in [7, 11) is 1.41. The molecule has 7 heteroatoms. The van der Waals surface area contributed by atoms with Crippen LogP contribution in [0.3, 0.4) is 0 Å². The van der Waals surface area contributed by atoms with E-state index in [1.807, 2.05) is 11.8 Å². The molecule has 1 aliphatic heterocycles. The first-order chi connectivity index (χ1) is 6.69. The number of halogens is 3. The number of rotatable bonds is 4. The van der Waals surface area contributed by atoms with Crippen LogP contribution in [0.25, 0.3) is 0 Å². The van der Waals surface area contributed by atoms with Crippen LogP contribution in [-0.4, -0.2) is 15.7 Å². The topological polar surface area (TPSA) is 0 Å². The Kier molecular flexibility index (Phi) is 9.08. The van der Waals surface area contributed by atoms with E-state index < -0.39 is 10.5 Å². The predicted molar refractivity (Wildman–Crippen MR) is 107 cm³/mol. The van der Waals surface area contributed by atoms with Crippen LogP contribution in [0.15, 0.2) is 10.3 Å². The first-order valence-corrected chi connectivity index (χ1v) is 23.6. The third-order valence-electron chi connectivity index (χ3n) is 1.23. The van der Waals surface area contributed by atoms with Gasteiger partial charge in [0.2, 0.25) is 0 Å². The molecule has 0 bridgehead atoms. The second-order valence-corrected chi connectivity index (χ2v) is 44.6. The summed E-state index contributed by atoms with van der Waals surface area (Å²) in [5, 5.41) is 0. The molecule has 0 saturated carbocycles. The van der Waals surface area contributed by atoms with Gasteiger partial charge in [-0.05, 0) is 0 Å². The van der Waals surface area contributed by atoms with Gasteiger partial charge in [-0.15, -0.1) is 0 Å². The zero-order valence-electron chi connectivity index (χ0n) is 7.76. The van der Waals surface area contributed by atoms with Crippen molar-refractivity contribution in [3.63, 3.8) is 0 Å². The Bertz CT molecular complexity index is 262. The second-order valence-electron chi connectivity index (χ2n) is 2.13. The van der Waals surface area contributed by atoms with Crippen molar-refractivity contribution in [1.82, 2.24) is 0 Å². The van der Waals surface area contributed by atoms with E-state index in [-0.39, 0.29) is 0 Å². The molecule has 0 aromatic heterocycles. The molecule has 1 atom stereocenters. The van der Waals surface area contributed by atoms with Gasteiger partial charge < -0.3 is 0 Å². The summed E-state index contributed by atoms with van der Waals surface area (Å²) in [5.41, 5.74) is 0. The van der Waals surface area contributed by atoms with Crippen molar-refractivity contribution >= 4 is 92.9 Å². The molecule has 14 heavy (non-hydrogen) atoms. The summed E-state index contributed by atoms with van der Waals surface area (Å²) in [6, 6.07) is 0. The van der Waals surface area contributed by atoms with Gasteiger partial charge in [0.15, 0.2) is 0 Å². The van der Waals surface area contributed by atoms with E-state index in [9.17, 15) is 0 Å². The quantitative estimate of drug-likeness (QED) is 0.204. The molecular weight excluding hydrogens is 593 g/mol. The Labute approximate surface area is 126 Å².